The molecule has 0 fully saturated rings. The van der Waals surface area contributed by atoms with Crippen molar-refractivity contribution in [3.8, 4) is 5.75 Å². The molecule has 0 atom stereocenters. The maximum atomic E-state index is 12.1. The van der Waals surface area contributed by atoms with Crippen molar-refractivity contribution in [1.82, 2.24) is 5.43 Å². The lowest BCUT2D eigenvalue weighted by Gasteiger charge is -2.06. The van der Waals surface area contributed by atoms with E-state index in [4.69, 9.17) is 14.3 Å². The number of carboxylic acids is 1. The summed E-state index contributed by atoms with van der Waals surface area (Å²) in [6.07, 6.45) is 1.45. The zero-order valence-electron chi connectivity index (χ0n) is 13.3. The summed E-state index contributed by atoms with van der Waals surface area (Å²) >= 11 is 3.29. The Labute approximate surface area is 156 Å². The Hall–Kier alpha value is -3.13. The number of aliphatic carboxylic acids is 1. The number of halogens is 1. The summed E-state index contributed by atoms with van der Waals surface area (Å²) in [5.41, 5.74) is 3.71. The van der Waals surface area contributed by atoms with E-state index in [1.54, 1.807) is 30.3 Å². The molecule has 8 heteroatoms. The molecule has 2 aromatic carbocycles. The van der Waals surface area contributed by atoms with E-state index >= 15 is 0 Å². The third kappa shape index (κ3) is 4.28. The van der Waals surface area contributed by atoms with Crippen molar-refractivity contribution < 1.29 is 23.8 Å². The predicted molar refractivity (Wildman–Crippen MR) is 98.5 cm³/mol. The Bertz CT molecular complexity index is 963. The van der Waals surface area contributed by atoms with Crippen LogP contribution < -0.4 is 10.2 Å². The van der Waals surface area contributed by atoms with E-state index in [9.17, 15) is 9.59 Å². The highest BCUT2D eigenvalue weighted by Crippen LogP contribution is 2.25. The first-order valence-corrected chi connectivity index (χ1v) is 8.28. The number of carbonyl (C=O) groups is 2. The van der Waals surface area contributed by atoms with Gasteiger partial charge in [0.05, 0.1) is 10.7 Å². The molecule has 0 bridgehead atoms. The zero-order chi connectivity index (χ0) is 18.5. The first kappa shape index (κ1) is 17.7. The number of carboxylic acid groups (broad SMARTS) is 1. The number of hydrogen-bond donors (Lipinski definition) is 2. The lowest BCUT2D eigenvalue weighted by atomic mass is 10.2. The molecule has 0 aliphatic rings. The number of hydrogen-bond acceptors (Lipinski definition) is 5. The smallest absolute Gasteiger partial charge is 0.341 e. The Morgan fingerprint density at radius 3 is 2.77 bits per heavy atom. The molecule has 0 radical (unpaired) electrons. The summed E-state index contributed by atoms with van der Waals surface area (Å²) < 4.78 is 11.1. The fourth-order valence-corrected chi connectivity index (χ4v) is 2.68. The van der Waals surface area contributed by atoms with Crippen molar-refractivity contribution in [3.05, 3.63) is 64.3 Å². The van der Waals surface area contributed by atoms with Gasteiger partial charge in [-0.2, -0.15) is 5.10 Å². The van der Waals surface area contributed by atoms with E-state index < -0.39 is 18.5 Å². The van der Waals surface area contributed by atoms with Gasteiger partial charge in [0, 0.05) is 5.39 Å². The summed E-state index contributed by atoms with van der Waals surface area (Å²) in [6, 6.07) is 13.9. The number of nitrogens with zero attached hydrogens (tertiary/aromatic N) is 1. The Morgan fingerprint density at radius 1 is 1.23 bits per heavy atom. The lowest BCUT2D eigenvalue weighted by Crippen LogP contribution is -2.16. The highest BCUT2D eigenvalue weighted by atomic mass is 79.9. The molecular weight excluding hydrogens is 404 g/mol. The number of hydrazone groups is 1. The van der Waals surface area contributed by atoms with Gasteiger partial charge in [-0.3, -0.25) is 4.79 Å². The number of fused-ring (bicyclic) bond motifs is 1. The number of carbonyl (C=O) groups excluding carboxylic acids is 1. The van der Waals surface area contributed by atoms with Gasteiger partial charge in [0.15, 0.2) is 12.4 Å². The molecule has 0 saturated heterocycles. The van der Waals surface area contributed by atoms with Gasteiger partial charge in [-0.1, -0.05) is 18.2 Å². The maximum absolute atomic E-state index is 12.1. The van der Waals surface area contributed by atoms with Gasteiger partial charge in [-0.25, -0.2) is 10.2 Å². The molecule has 132 valence electrons. The van der Waals surface area contributed by atoms with E-state index in [0.29, 0.717) is 21.4 Å². The van der Waals surface area contributed by atoms with Crippen LogP contribution in [0.25, 0.3) is 11.0 Å². The Morgan fingerprint density at radius 2 is 2.04 bits per heavy atom. The maximum Gasteiger partial charge on any atom is 0.341 e. The van der Waals surface area contributed by atoms with Crippen LogP contribution in [0, 0.1) is 0 Å². The second-order valence-electron chi connectivity index (χ2n) is 5.22. The first-order valence-electron chi connectivity index (χ1n) is 7.49. The van der Waals surface area contributed by atoms with Crippen molar-refractivity contribution in [1.29, 1.82) is 0 Å². The topological polar surface area (TPSA) is 101 Å². The zero-order valence-corrected chi connectivity index (χ0v) is 14.9. The molecule has 7 nitrogen and oxygen atoms in total. The summed E-state index contributed by atoms with van der Waals surface area (Å²) in [4.78, 5) is 22.6. The van der Waals surface area contributed by atoms with E-state index in [-0.39, 0.29) is 5.76 Å². The van der Waals surface area contributed by atoms with Gasteiger partial charge in [0.2, 0.25) is 0 Å². The van der Waals surface area contributed by atoms with Crippen LogP contribution in [0.2, 0.25) is 0 Å². The Kier molecular flexibility index (Phi) is 5.33. The molecule has 0 aliphatic carbocycles. The molecule has 2 N–H and O–H groups in total. The molecular formula is C18H13BrN2O5. The quantitative estimate of drug-likeness (QED) is 0.473. The summed E-state index contributed by atoms with van der Waals surface area (Å²) in [7, 11) is 0. The fourth-order valence-electron chi connectivity index (χ4n) is 2.17. The lowest BCUT2D eigenvalue weighted by molar-refractivity contribution is -0.139. The number of nitrogens with one attached hydrogen (secondary N) is 1. The molecule has 0 unspecified atom stereocenters. The molecule has 0 aliphatic heterocycles. The third-order valence-corrected chi connectivity index (χ3v) is 3.96. The van der Waals surface area contributed by atoms with Crippen LogP contribution in [0.15, 0.2) is 62.5 Å². The van der Waals surface area contributed by atoms with Gasteiger partial charge in [-0.05, 0) is 51.8 Å². The summed E-state index contributed by atoms with van der Waals surface area (Å²) in [6.45, 7) is -0.431. The van der Waals surface area contributed by atoms with Crippen molar-refractivity contribution in [2.45, 2.75) is 0 Å². The largest absolute Gasteiger partial charge is 0.481 e. The van der Waals surface area contributed by atoms with Crippen LogP contribution in [0.1, 0.15) is 16.1 Å². The predicted octanol–water partition coefficient (Wildman–Crippen LogP) is 3.42. The number of amides is 1. The number of furan rings is 1. The van der Waals surface area contributed by atoms with E-state index in [0.717, 1.165) is 5.39 Å². The van der Waals surface area contributed by atoms with Gasteiger partial charge >= 0.3 is 11.9 Å². The molecule has 1 aromatic heterocycles. The van der Waals surface area contributed by atoms with Crippen LogP contribution in [0.5, 0.6) is 5.75 Å². The number of ether oxygens (including phenoxy) is 1. The average molecular weight is 417 g/mol. The summed E-state index contributed by atoms with van der Waals surface area (Å²) in [5, 5.41) is 13.3. The number of para-hydroxylation sites is 1. The van der Waals surface area contributed by atoms with Crippen LogP contribution in [-0.2, 0) is 4.79 Å². The van der Waals surface area contributed by atoms with Gasteiger partial charge in [0.25, 0.3) is 0 Å². The molecule has 1 amide bonds. The SMILES string of the molecule is O=C(O)COc1ccc(/C=N/NC(=O)c2cc3ccccc3o2)cc1Br. The second-order valence-corrected chi connectivity index (χ2v) is 6.07. The molecule has 0 spiro atoms. The van der Waals surface area contributed by atoms with Gasteiger partial charge < -0.3 is 14.3 Å². The Balaban J connectivity index is 1.63. The molecule has 0 saturated carbocycles. The average Bonchev–Trinajstić information content (AvgIpc) is 3.05. The fraction of sp³-hybridized carbons (Fsp3) is 0.0556. The summed E-state index contributed by atoms with van der Waals surface area (Å²) in [5.74, 6) is -0.952. The van der Waals surface area contributed by atoms with Crippen LogP contribution >= 0.6 is 15.9 Å². The van der Waals surface area contributed by atoms with Crippen LogP contribution in [-0.4, -0.2) is 29.8 Å². The van der Waals surface area contributed by atoms with E-state index in [1.165, 1.54) is 6.21 Å². The van der Waals surface area contributed by atoms with E-state index in [1.807, 2.05) is 18.2 Å². The monoisotopic (exact) mass is 416 g/mol. The van der Waals surface area contributed by atoms with Crippen LogP contribution in [0.4, 0.5) is 0 Å². The molecule has 3 rings (SSSR count). The number of rotatable bonds is 6. The minimum Gasteiger partial charge on any atom is -0.481 e. The van der Waals surface area contributed by atoms with Crippen molar-refractivity contribution in [3.63, 3.8) is 0 Å². The highest BCUT2D eigenvalue weighted by molar-refractivity contribution is 9.10. The van der Waals surface area contributed by atoms with Crippen molar-refractivity contribution in [2.75, 3.05) is 6.61 Å². The molecule has 1 heterocycles. The third-order valence-electron chi connectivity index (χ3n) is 3.34. The first-order chi connectivity index (χ1) is 12.5. The highest BCUT2D eigenvalue weighted by Gasteiger charge is 2.11. The van der Waals surface area contributed by atoms with E-state index in [2.05, 4.69) is 26.5 Å². The number of benzene rings is 2. The van der Waals surface area contributed by atoms with Crippen LogP contribution in [0.3, 0.4) is 0 Å². The molecule has 3 aromatic rings. The minimum atomic E-state index is -1.06. The second kappa shape index (κ2) is 7.83. The van der Waals surface area contributed by atoms with Gasteiger partial charge in [0.1, 0.15) is 11.3 Å². The van der Waals surface area contributed by atoms with Crippen molar-refractivity contribution >= 4 is 45.0 Å². The van der Waals surface area contributed by atoms with Gasteiger partial charge in [-0.15, -0.1) is 0 Å². The normalized spacial score (nSPS) is 11.0. The standard InChI is InChI=1S/C18H13BrN2O5/c19-13-7-11(5-6-15(13)25-10-17(22)23)9-20-21-18(24)16-8-12-3-1-2-4-14(12)26-16/h1-9H,10H2,(H,21,24)(H,22,23)/b20-9+. The molecule has 26 heavy (non-hydrogen) atoms. The van der Waals surface area contributed by atoms with Crippen molar-refractivity contribution in [2.24, 2.45) is 5.10 Å². The minimum absolute atomic E-state index is 0.168.